The first-order chi connectivity index (χ1) is 7.29. The van der Waals surface area contributed by atoms with Crippen LogP contribution < -0.4 is 10.6 Å². The number of aromatic nitrogens is 1. The zero-order valence-corrected chi connectivity index (χ0v) is 9.02. The number of hydrogen-bond donors (Lipinski definition) is 1. The second kappa shape index (κ2) is 4.49. The number of anilines is 2. The summed E-state index contributed by atoms with van der Waals surface area (Å²) in [6.07, 6.45) is 6.16. The summed E-state index contributed by atoms with van der Waals surface area (Å²) in [5.41, 5.74) is 7.52. The lowest BCUT2D eigenvalue weighted by atomic mass is 10.1. The van der Waals surface area contributed by atoms with Gasteiger partial charge in [-0.1, -0.05) is 0 Å². The monoisotopic (exact) mass is 207 g/mol. The minimum absolute atomic E-state index is 0.334. The SMILES string of the molecule is COC1CCCN(c2cncc(N)c2)C1. The van der Waals surface area contributed by atoms with Gasteiger partial charge in [-0.15, -0.1) is 0 Å². The second-order valence-corrected chi connectivity index (χ2v) is 3.92. The van der Waals surface area contributed by atoms with Crippen molar-refractivity contribution < 1.29 is 4.74 Å². The lowest BCUT2D eigenvalue weighted by Gasteiger charge is -2.33. The molecule has 1 aliphatic heterocycles. The van der Waals surface area contributed by atoms with Crippen molar-refractivity contribution in [3.8, 4) is 0 Å². The third kappa shape index (κ3) is 2.39. The average Bonchev–Trinajstić information content (AvgIpc) is 2.29. The van der Waals surface area contributed by atoms with E-state index in [-0.39, 0.29) is 0 Å². The molecule has 1 aromatic rings. The number of nitrogens with two attached hydrogens (primary N) is 1. The van der Waals surface area contributed by atoms with E-state index in [1.807, 2.05) is 12.3 Å². The van der Waals surface area contributed by atoms with Crippen LogP contribution in [-0.2, 0) is 4.74 Å². The molecule has 0 aliphatic carbocycles. The Balaban J connectivity index is 2.09. The van der Waals surface area contributed by atoms with Crippen LogP contribution >= 0.6 is 0 Å². The third-order valence-corrected chi connectivity index (χ3v) is 2.82. The molecule has 0 aromatic carbocycles. The Hall–Kier alpha value is -1.29. The first-order valence-corrected chi connectivity index (χ1v) is 5.28. The number of nitrogens with zero attached hydrogens (tertiary/aromatic N) is 2. The lowest BCUT2D eigenvalue weighted by Crippen LogP contribution is -2.39. The summed E-state index contributed by atoms with van der Waals surface area (Å²) in [6, 6.07) is 1.96. The number of ether oxygens (including phenoxy) is 1. The summed E-state index contributed by atoms with van der Waals surface area (Å²) in [6.45, 7) is 1.99. The normalized spacial score (nSPS) is 21.7. The molecule has 1 unspecified atom stereocenters. The molecule has 1 saturated heterocycles. The molecule has 2 heterocycles. The van der Waals surface area contributed by atoms with Crippen molar-refractivity contribution in [2.24, 2.45) is 0 Å². The molecule has 4 heteroatoms. The van der Waals surface area contributed by atoms with E-state index in [4.69, 9.17) is 10.5 Å². The third-order valence-electron chi connectivity index (χ3n) is 2.82. The molecule has 2 N–H and O–H groups in total. The predicted molar refractivity (Wildman–Crippen MR) is 60.9 cm³/mol. The van der Waals surface area contributed by atoms with E-state index in [1.54, 1.807) is 13.3 Å². The standard InChI is InChI=1S/C11H17N3O/c1-15-11-3-2-4-14(8-11)10-5-9(12)6-13-7-10/h5-7,11H,2-4,8,12H2,1H3. The Morgan fingerprint density at radius 2 is 2.40 bits per heavy atom. The van der Waals surface area contributed by atoms with E-state index in [2.05, 4.69) is 9.88 Å². The van der Waals surface area contributed by atoms with Gasteiger partial charge in [-0.25, -0.2) is 0 Å². The van der Waals surface area contributed by atoms with Gasteiger partial charge in [-0.2, -0.15) is 0 Å². The van der Waals surface area contributed by atoms with Gasteiger partial charge >= 0.3 is 0 Å². The molecule has 4 nitrogen and oxygen atoms in total. The van der Waals surface area contributed by atoms with Gasteiger partial charge in [-0.3, -0.25) is 4.98 Å². The Labute approximate surface area is 90.0 Å². The van der Waals surface area contributed by atoms with Crippen LogP contribution in [0.15, 0.2) is 18.5 Å². The topological polar surface area (TPSA) is 51.4 Å². The number of methoxy groups -OCH3 is 1. The maximum absolute atomic E-state index is 5.71. The fourth-order valence-corrected chi connectivity index (χ4v) is 1.98. The van der Waals surface area contributed by atoms with Gasteiger partial charge in [0.15, 0.2) is 0 Å². The van der Waals surface area contributed by atoms with Gasteiger partial charge in [0, 0.05) is 26.4 Å². The van der Waals surface area contributed by atoms with E-state index < -0.39 is 0 Å². The quantitative estimate of drug-likeness (QED) is 0.793. The van der Waals surface area contributed by atoms with Crippen molar-refractivity contribution in [2.75, 3.05) is 30.8 Å². The number of piperidine rings is 1. The maximum Gasteiger partial charge on any atom is 0.0746 e. The zero-order valence-electron chi connectivity index (χ0n) is 9.02. The Bertz CT molecular complexity index is 329. The van der Waals surface area contributed by atoms with Crippen LogP contribution in [0.2, 0.25) is 0 Å². The molecule has 0 saturated carbocycles. The molecule has 0 radical (unpaired) electrons. The van der Waals surface area contributed by atoms with Crippen molar-refractivity contribution in [2.45, 2.75) is 18.9 Å². The van der Waals surface area contributed by atoms with Gasteiger partial charge in [0.1, 0.15) is 0 Å². The van der Waals surface area contributed by atoms with Gasteiger partial charge < -0.3 is 15.4 Å². The summed E-state index contributed by atoms with van der Waals surface area (Å²) in [5.74, 6) is 0. The summed E-state index contributed by atoms with van der Waals surface area (Å²) in [4.78, 5) is 6.38. The minimum atomic E-state index is 0.334. The summed E-state index contributed by atoms with van der Waals surface area (Å²) in [7, 11) is 1.77. The highest BCUT2D eigenvalue weighted by molar-refractivity contribution is 5.53. The van der Waals surface area contributed by atoms with Crippen molar-refractivity contribution in [1.82, 2.24) is 4.98 Å². The van der Waals surface area contributed by atoms with Crippen molar-refractivity contribution in [3.63, 3.8) is 0 Å². The lowest BCUT2D eigenvalue weighted by molar-refractivity contribution is 0.0893. The molecule has 0 amide bonds. The van der Waals surface area contributed by atoms with Crippen LogP contribution in [0.4, 0.5) is 11.4 Å². The molecule has 1 fully saturated rings. The molecule has 15 heavy (non-hydrogen) atoms. The molecular weight excluding hydrogens is 190 g/mol. The Morgan fingerprint density at radius 3 is 3.13 bits per heavy atom. The van der Waals surface area contributed by atoms with Crippen LogP contribution in [0.25, 0.3) is 0 Å². The number of hydrogen-bond acceptors (Lipinski definition) is 4. The average molecular weight is 207 g/mol. The molecule has 0 bridgehead atoms. The minimum Gasteiger partial charge on any atom is -0.397 e. The molecule has 1 atom stereocenters. The first kappa shape index (κ1) is 10.2. The van der Waals surface area contributed by atoms with Crippen LogP contribution in [-0.4, -0.2) is 31.3 Å². The van der Waals surface area contributed by atoms with Gasteiger partial charge in [0.25, 0.3) is 0 Å². The fraction of sp³-hybridized carbons (Fsp3) is 0.545. The van der Waals surface area contributed by atoms with Gasteiger partial charge in [0.05, 0.1) is 23.7 Å². The number of rotatable bonds is 2. The largest absolute Gasteiger partial charge is 0.397 e. The van der Waals surface area contributed by atoms with Crippen molar-refractivity contribution in [3.05, 3.63) is 18.5 Å². The maximum atomic E-state index is 5.71. The highest BCUT2D eigenvalue weighted by Gasteiger charge is 2.19. The van der Waals surface area contributed by atoms with E-state index in [0.717, 1.165) is 31.6 Å². The molecule has 82 valence electrons. The summed E-state index contributed by atoms with van der Waals surface area (Å²) < 4.78 is 5.38. The van der Waals surface area contributed by atoms with Gasteiger partial charge in [0.2, 0.25) is 0 Å². The van der Waals surface area contributed by atoms with Crippen LogP contribution in [0.3, 0.4) is 0 Å². The second-order valence-electron chi connectivity index (χ2n) is 3.92. The van der Waals surface area contributed by atoms with E-state index in [0.29, 0.717) is 11.8 Å². The van der Waals surface area contributed by atoms with E-state index in [9.17, 15) is 0 Å². The van der Waals surface area contributed by atoms with Crippen LogP contribution in [0, 0.1) is 0 Å². The predicted octanol–water partition coefficient (Wildman–Crippen LogP) is 1.28. The highest BCUT2D eigenvalue weighted by Crippen LogP contribution is 2.21. The summed E-state index contributed by atoms with van der Waals surface area (Å²) in [5, 5.41) is 0. The van der Waals surface area contributed by atoms with E-state index >= 15 is 0 Å². The van der Waals surface area contributed by atoms with Crippen LogP contribution in [0.1, 0.15) is 12.8 Å². The molecule has 1 aromatic heterocycles. The number of nitrogen functional groups attached to an aromatic ring is 1. The highest BCUT2D eigenvalue weighted by atomic mass is 16.5. The Morgan fingerprint density at radius 1 is 1.53 bits per heavy atom. The fourth-order valence-electron chi connectivity index (χ4n) is 1.98. The van der Waals surface area contributed by atoms with Gasteiger partial charge in [-0.05, 0) is 18.9 Å². The smallest absolute Gasteiger partial charge is 0.0746 e. The van der Waals surface area contributed by atoms with E-state index in [1.165, 1.54) is 0 Å². The molecule has 2 rings (SSSR count). The van der Waals surface area contributed by atoms with Crippen LogP contribution in [0.5, 0.6) is 0 Å². The van der Waals surface area contributed by atoms with Crippen molar-refractivity contribution >= 4 is 11.4 Å². The summed E-state index contributed by atoms with van der Waals surface area (Å²) >= 11 is 0. The zero-order chi connectivity index (χ0) is 10.7. The van der Waals surface area contributed by atoms with Crippen molar-refractivity contribution in [1.29, 1.82) is 0 Å². The molecule has 1 aliphatic rings. The number of pyridine rings is 1. The molecular formula is C11H17N3O. The molecule has 0 spiro atoms. The Kier molecular flexibility index (Phi) is 3.06. The first-order valence-electron chi connectivity index (χ1n) is 5.28.